The minimum absolute atomic E-state index is 0.193. The lowest BCUT2D eigenvalue weighted by Gasteiger charge is -2.27. The first kappa shape index (κ1) is 9.13. The van der Waals surface area contributed by atoms with E-state index in [-0.39, 0.29) is 6.10 Å². The van der Waals surface area contributed by atoms with Crippen LogP contribution in [0.3, 0.4) is 0 Å². The minimum Gasteiger partial charge on any atom is -0.376 e. The van der Waals surface area contributed by atoms with Gasteiger partial charge in [0.25, 0.3) is 0 Å². The molecular weight excluding hydrogens is 188 g/mol. The van der Waals surface area contributed by atoms with E-state index in [1.807, 2.05) is 0 Å². The van der Waals surface area contributed by atoms with Gasteiger partial charge in [0.15, 0.2) is 0 Å². The van der Waals surface area contributed by atoms with Crippen LogP contribution in [-0.2, 0) is 9.47 Å². The fourth-order valence-corrected chi connectivity index (χ4v) is 2.31. The summed E-state index contributed by atoms with van der Waals surface area (Å²) in [4.78, 5) is 0. The number of hydrogen-bond acceptors (Lipinski definition) is 2. The van der Waals surface area contributed by atoms with Gasteiger partial charge in [-0.25, -0.2) is 0 Å². The highest BCUT2D eigenvalue weighted by atomic mass is 16.6. The molecule has 0 radical (unpaired) electrons. The van der Waals surface area contributed by atoms with E-state index >= 15 is 0 Å². The smallest absolute Gasteiger partial charge is 0.0912 e. The van der Waals surface area contributed by atoms with Crippen molar-refractivity contribution in [3.05, 3.63) is 41.5 Å². The van der Waals surface area contributed by atoms with Crippen molar-refractivity contribution in [3.8, 4) is 0 Å². The Morgan fingerprint density at radius 2 is 2.07 bits per heavy atom. The Hall–Kier alpha value is -1.12. The number of fused-ring (bicyclic) bond motifs is 1. The van der Waals surface area contributed by atoms with Gasteiger partial charge in [-0.2, -0.15) is 0 Å². The van der Waals surface area contributed by atoms with E-state index in [9.17, 15) is 0 Å². The molecule has 0 amide bonds. The van der Waals surface area contributed by atoms with E-state index in [0.29, 0.717) is 12.5 Å². The molecule has 1 saturated heterocycles. The Morgan fingerprint density at radius 1 is 1.13 bits per heavy atom. The van der Waals surface area contributed by atoms with Crippen molar-refractivity contribution in [1.29, 1.82) is 0 Å². The van der Waals surface area contributed by atoms with E-state index < -0.39 is 0 Å². The summed E-state index contributed by atoms with van der Waals surface area (Å²) in [6.07, 6.45) is 4.60. The summed E-state index contributed by atoms with van der Waals surface area (Å²) >= 11 is 0. The fraction of sp³-hybridized carbons (Fsp3) is 0.385. The maximum Gasteiger partial charge on any atom is 0.0912 e. The molecule has 2 aliphatic rings. The zero-order valence-corrected chi connectivity index (χ0v) is 8.56. The first-order valence-corrected chi connectivity index (χ1v) is 5.41. The van der Waals surface area contributed by atoms with Gasteiger partial charge in [0.05, 0.1) is 25.9 Å². The molecular formula is C13H14O2. The van der Waals surface area contributed by atoms with Crippen LogP contribution in [0.1, 0.15) is 17.0 Å². The highest BCUT2D eigenvalue weighted by Gasteiger charge is 2.28. The molecule has 0 bridgehead atoms. The Kier molecular flexibility index (Phi) is 2.31. The van der Waals surface area contributed by atoms with Gasteiger partial charge in [0, 0.05) is 5.92 Å². The van der Waals surface area contributed by atoms with E-state index in [1.54, 1.807) is 0 Å². The molecule has 1 fully saturated rings. The second-order valence-electron chi connectivity index (χ2n) is 4.00. The molecule has 1 aliphatic carbocycles. The van der Waals surface area contributed by atoms with Gasteiger partial charge in [-0.1, -0.05) is 36.4 Å². The van der Waals surface area contributed by atoms with E-state index in [0.717, 1.165) is 13.2 Å². The third-order valence-corrected chi connectivity index (χ3v) is 3.08. The van der Waals surface area contributed by atoms with Crippen LogP contribution in [0.25, 0.3) is 6.08 Å². The Bertz CT molecular complexity index is 378. The lowest BCUT2D eigenvalue weighted by atomic mass is 9.95. The van der Waals surface area contributed by atoms with Gasteiger partial charge in [-0.15, -0.1) is 0 Å². The molecule has 2 nitrogen and oxygen atoms in total. The van der Waals surface area contributed by atoms with Crippen LogP contribution in [0.2, 0.25) is 0 Å². The molecule has 1 aromatic rings. The third kappa shape index (κ3) is 1.60. The predicted octanol–water partition coefficient (Wildman–Crippen LogP) is 2.21. The van der Waals surface area contributed by atoms with E-state index in [2.05, 4.69) is 36.4 Å². The van der Waals surface area contributed by atoms with Crippen LogP contribution in [0.15, 0.2) is 30.3 Å². The Morgan fingerprint density at radius 3 is 2.93 bits per heavy atom. The molecule has 2 atom stereocenters. The van der Waals surface area contributed by atoms with Crippen LogP contribution in [0, 0.1) is 0 Å². The predicted molar refractivity (Wildman–Crippen MR) is 58.8 cm³/mol. The molecule has 2 unspecified atom stereocenters. The van der Waals surface area contributed by atoms with Crippen molar-refractivity contribution >= 4 is 6.08 Å². The fourth-order valence-electron chi connectivity index (χ4n) is 2.31. The lowest BCUT2D eigenvalue weighted by Crippen LogP contribution is -2.32. The number of benzene rings is 1. The molecule has 0 saturated carbocycles. The molecule has 0 aromatic heterocycles. The summed E-state index contributed by atoms with van der Waals surface area (Å²) in [5.41, 5.74) is 2.68. The van der Waals surface area contributed by atoms with Crippen molar-refractivity contribution in [2.24, 2.45) is 0 Å². The molecule has 0 N–H and O–H groups in total. The van der Waals surface area contributed by atoms with Crippen molar-refractivity contribution in [1.82, 2.24) is 0 Å². The van der Waals surface area contributed by atoms with Crippen LogP contribution in [-0.4, -0.2) is 25.9 Å². The SMILES string of the molecule is C1=CC(C2COCCO2)c2ccccc21. The van der Waals surface area contributed by atoms with Gasteiger partial charge >= 0.3 is 0 Å². The van der Waals surface area contributed by atoms with Crippen LogP contribution < -0.4 is 0 Å². The summed E-state index contributed by atoms with van der Waals surface area (Å²) in [5.74, 6) is 0.376. The van der Waals surface area contributed by atoms with Crippen LogP contribution in [0.4, 0.5) is 0 Å². The molecule has 1 heterocycles. The number of rotatable bonds is 1. The maximum atomic E-state index is 5.74. The molecule has 3 rings (SSSR count). The summed E-state index contributed by atoms with van der Waals surface area (Å²) < 4.78 is 11.2. The number of ether oxygens (including phenoxy) is 2. The first-order chi connectivity index (χ1) is 7.45. The van der Waals surface area contributed by atoms with E-state index in [4.69, 9.17) is 9.47 Å². The van der Waals surface area contributed by atoms with Crippen molar-refractivity contribution in [2.45, 2.75) is 12.0 Å². The average molecular weight is 202 g/mol. The van der Waals surface area contributed by atoms with Crippen molar-refractivity contribution < 1.29 is 9.47 Å². The van der Waals surface area contributed by atoms with Gasteiger partial charge < -0.3 is 9.47 Å². The standard InChI is InChI=1S/C13H14O2/c1-2-4-11-10(3-1)5-6-12(11)13-9-14-7-8-15-13/h1-6,12-13H,7-9H2. The van der Waals surface area contributed by atoms with Crippen LogP contribution in [0.5, 0.6) is 0 Å². The zero-order valence-electron chi connectivity index (χ0n) is 8.56. The quantitative estimate of drug-likeness (QED) is 0.695. The minimum atomic E-state index is 0.193. The van der Waals surface area contributed by atoms with Gasteiger partial charge in [0.2, 0.25) is 0 Å². The Balaban J connectivity index is 1.86. The summed E-state index contributed by atoms with van der Waals surface area (Å²) in [5, 5.41) is 0. The molecule has 1 aromatic carbocycles. The van der Waals surface area contributed by atoms with E-state index in [1.165, 1.54) is 11.1 Å². The molecule has 15 heavy (non-hydrogen) atoms. The second-order valence-corrected chi connectivity index (χ2v) is 4.00. The summed E-state index contributed by atoms with van der Waals surface area (Å²) in [7, 11) is 0. The normalized spacial score (nSPS) is 29.1. The zero-order chi connectivity index (χ0) is 10.1. The molecule has 78 valence electrons. The topological polar surface area (TPSA) is 18.5 Å². The van der Waals surface area contributed by atoms with Gasteiger partial charge in [-0.05, 0) is 11.1 Å². The molecule has 2 heteroatoms. The maximum absolute atomic E-state index is 5.74. The largest absolute Gasteiger partial charge is 0.376 e. The van der Waals surface area contributed by atoms with Crippen molar-refractivity contribution in [3.63, 3.8) is 0 Å². The molecule has 1 aliphatic heterocycles. The first-order valence-electron chi connectivity index (χ1n) is 5.41. The summed E-state index contributed by atoms with van der Waals surface area (Å²) in [6, 6.07) is 8.49. The van der Waals surface area contributed by atoms with Crippen LogP contribution >= 0.6 is 0 Å². The van der Waals surface area contributed by atoms with Gasteiger partial charge in [-0.3, -0.25) is 0 Å². The monoisotopic (exact) mass is 202 g/mol. The number of hydrogen-bond donors (Lipinski definition) is 0. The molecule has 0 spiro atoms. The van der Waals surface area contributed by atoms with Crippen molar-refractivity contribution in [2.75, 3.05) is 19.8 Å². The highest BCUT2D eigenvalue weighted by molar-refractivity contribution is 5.62. The Labute approximate surface area is 89.5 Å². The highest BCUT2D eigenvalue weighted by Crippen LogP contribution is 2.34. The average Bonchev–Trinajstić information content (AvgIpc) is 2.74. The second kappa shape index (κ2) is 3.80. The third-order valence-electron chi connectivity index (χ3n) is 3.08. The lowest BCUT2D eigenvalue weighted by molar-refractivity contribution is -0.0926. The summed E-state index contributed by atoms with van der Waals surface area (Å²) in [6.45, 7) is 2.16. The van der Waals surface area contributed by atoms with Gasteiger partial charge in [0.1, 0.15) is 0 Å².